The molecule has 0 aliphatic carbocycles. The Morgan fingerprint density at radius 2 is 1.81 bits per heavy atom. The van der Waals surface area contributed by atoms with E-state index < -0.39 is 0 Å². The topological polar surface area (TPSA) is 46.6 Å². The normalized spacial score (nSPS) is 24.3. The van der Waals surface area contributed by atoms with Crippen LogP contribution >= 0.6 is 0 Å². The zero-order chi connectivity index (χ0) is 18.4. The maximum absolute atomic E-state index is 12.6. The van der Waals surface area contributed by atoms with Gasteiger partial charge in [0.2, 0.25) is 0 Å². The van der Waals surface area contributed by atoms with Crippen molar-refractivity contribution < 1.29 is 14.3 Å². The van der Waals surface area contributed by atoms with E-state index in [1.165, 1.54) is 0 Å². The molecule has 2 fully saturated rings. The van der Waals surface area contributed by atoms with Gasteiger partial charge in [-0.15, -0.1) is 6.58 Å². The summed E-state index contributed by atoms with van der Waals surface area (Å²) < 4.78 is 5.53. The summed E-state index contributed by atoms with van der Waals surface area (Å²) in [6.07, 6.45) is 8.89. The average molecular weight is 355 g/mol. The molecule has 2 atom stereocenters. The number of ether oxygens (including phenoxy) is 1. The number of rotatable bonds is 8. The summed E-state index contributed by atoms with van der Waals surface area (Å²) in [6, 6.07) is 10.1. The van der Waals surface area contributed by atoms with Crippen LogP contribution in [0.15, 0.2) is 43.0 Å². The van der Waals surface area contributed by atoms with Crippen molar-refractivity contribution in [2.24, 2.45) is 5.92 Å². The molecule has 1 aromatic carbocycles. The summed E-state index contributed by atoms with van der Waals surface area (Å²) in [7, 11) is 0. The Labute approximate surface area is 156 Å². The molecule has 140 valence electrons. The number of carbonyl (C=O) groups excluding carboxylic acids is 2. The van der Waals surface area contributed by atoms with Crippen molar-refractivity contribution in [3.63, 3.8) is 0 Å². The first kappa shape index (κ1) is 18.7. The first-order chi connectivity index (χ1) is 12.7. The lowest BCUT2D eigenvalue weighted by Gasteiger charge is -2.37. The SMILES string of the molecule is C=CCCCCC(=O)C1CC2CCC(C1)N2C(=O)OCc1ccccc1. The number of piperidine rings is 1. The molecule has 2 aliphatic rings. The van der Waals surface area contributed by atoms with Gasteiger partial charge in [-0.1, -0.05) is 36.4 Å². The minimum absolute atomic E-state index is 0.120. The van der Waals surface area contributed by atoms with Crippen molar-refractivity contribution in [2.45, 2.75) is 70.1 Å². The number of hydrogen-bond donors (Lipinski definition) is 0. The summed E-state index contributed by atoms with van der Waals surface area (Å²) in [5.74, 6) is 0.498. The van der Waals surface area contributed by atoms with E-state index in [1.807, 2.05) is 41.3 Å². The highest BCUT2D eigenvalue weighted by atomic mass is 16.6. The van der Waals surface area contributed by atoms with E-state index in [4.69, 9.17) is 4.74 Å². The van der Waals surface area contributed by atoms with Crippen molar-refractivity contribution in [3.8, 4) is 0 Å². The molecule has 2 heterocycles. The summed E-state index contributed by atoms with van der Waals surface area (Å²) in [6.45, 7) is 4.03. The third-order valence-electron chi connectivity index (χ3n) is 5.69. The zero-order valence-electron chi connectivity index (χ0n) is 15.4. The Bertz CT molecular complexity index is 614. The van der Waals surface area contributed by atoms with Gasteiger partial charge in [-0.05, 0) is 50.5 Å². The van der Waals surface area contributed by atoms with Crippen LogP contribution in [0, 0.1) is 5.92 Å². The minimum Gasteiger partial charge on any atom is -0.445 e. The number of carbonyl (C=O) groups is 2. The maximum Gasteiger partial charge on any atom is 0.410 e. The highest BCUT2D eigenvalue weighted by molar-refractivity contribution is 5.81. The number of nitrogens with zero attached hydrogens (tertiary/aromatic N) is 1. The second-order valence-electron chi connectivity index (χ2n) is 7.50. The van der Waals surface area contributed by atoms with E-state index in [2.05, 4.69) is 6.58 Å². The summed E-state index contributed by atoms with van der Waals surface area (Å²) in [5, 5.41) is 0. The van der Waals surface area contributed by atoms with E-state index in [0.29, 0.717) is 18.8 Å². The molecule has 4 heteroatoms. The summed E-state index contributed by atoms with van der Waals surface area (Å²) in [4.78, 5) is 27.0. The van der Waals surface area contributed by atoms with Crippen molar-refractivity contribution in [1.29, 1.82) is 0 Å². The number of fused-ring (bicyclic) bond motifs is 2. The first-order valence-electron chi connectivity index (χ1n) is 9.81. The fourth-order valence-electron chi connectivity index (χ4n) is 4.32. The van der Waals surface area contributed by atoms with E-state index >= 15 is 0 Å². The second kappa shape index (κ2) is 9.02. The number of ketones is 1. The highest BCUT2D eigenvalue weighted by Gasteiger charge is 2.45. The molecule has 4 nitrogen and oxygen atoms in total. The lowest BCUT2D eigenvalue weighted by molar-refractivity contribution is -0.125. The molecule has 0 spiro atoms. The Hall–Kier alpha value is -2.10. The molecule has 1 amide bonds. The lowest BCUT2D eigenvalue weighted by atomic mass is 9.85. The van der Waals surface area contributed by atoms with Gasteiger partial charge in [0.05, 0.1) is 0 Å². The molecule has 0 N–H and O–H groups in total. The van der Waals surface area contributed by atoms with Crippen LogP contribution in [0.4, 0.5) is 4.79 Å². The number of unbranched alkanes of at least 4 members (excludes halogenated alkanes) is 2. The molecule has 2 aliphatic heterocycles. The van der Waals surface area contributed by atoms with Gasteiger partial charge in [-0.25, -0.2) is 4.79 Å². The molecule has 0 radical (unpaired) electrons. The number of allylic oxidation sites excluding steroid dienone is 1. The van der Waals surface area contributed by atoms with E-state index in [0.717, 1.165) is 50.5 Å². The molecule has 3 rings (SSSR count). The molecule has 26 heavy (non-hydrogen) atoms. The van der Waals surface area contributed by atoms with E-state index in [-0.39, 0.29) is 24.1 Å². The first-order valence-corrected chi connectivity index (χ1v) is 9.81. The number of Topliss-reactive ketones (excluding diaryl/α,β-unsaturated/α-hetero) is 1. The largest absolute Gasteiger partial charge is 0.445 e. The smallest absolute Gasteiger partial charge is 0.410 e. The predicted octanol–water partition coefficient (Wildman–Crippen LogP) is 4.88. The van der Waals surface area contributed by atoms with Gasteiger partial charge in [0.25, 0.3) is 0 Å². The van der Waals surface area contributed by atoms with Gasteiger partial charge in [-0.2, -0.15) is 0 Å². The Kier molecular flexibility index (Phi) is 6.48. The van der Waals surface area contributed by atoms with Crippen LogP contribution in [0.25, 0.3) is 0 Å². The van der Waals surface area contributed by atoms with Gasteiger partial charge in [-0.3, -0.25) is 4.79 Å². The van der Waals surface area contributed by atoms with Gasteiger partial charge >= 0.3 is 6.09 Å². The molecule has 2 bridgehead atoms. The molecular weight excluding hydrogens is 326 g/mol. The Morgan fingerprint density at radius 1 is 1.12 bits per heavy atom. The van der Waals surface area contributed by atoms with Crippen LogP contribution in [0.5, 0.6) is 0 Å². The minimum atomic E-state index is -0.224. The fraction of sp³-hybridized carbons (Fsp3) is 0.545. The lowest BCUT2D eigenvalue weighted by Crippen LogP contribution is -2.48. The van der Waals surface area contributed by atoms with Crippen LogP contribution < -0.4 is 0 Å². The number of hydrogen-bond acceptors (Lipinski definition) is 3. The zero-order valence-corrected chi connectivity index (χ0v) is 15.4. The molecule has 2 saturated heterocycles. The van der Waals surface area contributed by atoms with Crippen molar-refractivity contribution in [1.82, 2.24) is 4.90 Å². The van der Waals surface area contributed by atoms with Crippen LogP contribution in [0.1, 0.15) is 56.9 Å². The van der Waals surface area contributed by atoms with Gasteiger partial charge in [0.15, 0.2) is 0 Å². The standard InChI is InChI=1S/C22H29NO3/c1-2-3-4-8-11-21(24)18-14-19-12-13-20(15-18)23(19)22(25)26-16-17-9-6-5-7-10-17/h2,5-7,9-10,18-20H,1,3-4,8,11-16H2. The average Bonchev–Trinajstić information content (AvgIpc) is 2.93. The Balaban J connectivity index is 1.49. The molecule has 2 unspecified atom stereocenters. The van der Waals surface area contributed by atoms with Crippen molar-refractivity contribution >= 4 is 11.9 Å². The van der Waals surface area contributed by atoms with Crippen LogP contribution in [0.3, 0.4) is 0 Å². The van der Waals surface area contributed by atoms with Gasteiger partial charge < -0.3 is 9.64 Å². The van der Waals surface area contributed by atoms with E-state index in [1.54, 1.807) is 0 Å². The fourth-order valence-corrected chi connectivity index (χ4v) is 4.32. The summed E-state index contributed by atoms with van der Waals surface area (Å²) >= 11 is 0. The van der Waals surface area contributed by atoms with Gasteiger partial charge in [0, 0.05) is 24.4 Å². The molecule has 0 saturated carbocycles. The maximum atomic E-state index is 12.6. The molecule has 1 aromatic rings. The third-order valence-corrected chi connectivity index (χ3v) is 5.69. The molecular formula is C22H29NO3. The van der Waals surface area contributed by atoms with E-state index in [9.17, 15) is 9.59 Å². The van der Waals surface area contributed by atoms with Crippen LogP contribution in [-0.4, -0.2) is 28.9 Å². The predicted molar refractivity (Wildman–Crippen MR) is 102 cm³/mol. The quantitative estimate of drug-likeness (QED) is 0.493. The highest BCUT2D eigenvalue weighted by Crippen LogP contribution is 2.40. The van der Waals surface area contributed by atoms with Gasteiger partial charge in [0.1, 0.15) is 12.4 Å². The monoisotopic (exact) mass is 355 g/mol. The molecule has 0 aromatic heterocycles. The number of amides is 1. The van der Waals surface area contributed by atoms with Crippen molar-refractivity contribution in [2.75, 3.05) is 0 Å². The summed E-state index contributed by atoms with van der Waals surface area (Å²) in [5.41, 5.74) is 0.998. The Morgan fingerprint density at radius 3 is 2.46 bits per heavy atom. The second-order valence-corrected chi connectivity index (χ2v) is 7.50. The number of benzene rings is 1. The van der Waals surface area contributed by atoms with Crippen LogP contribution in [0.2, 0.25) is 0 Å². The van der Waals surface area contributed by atoms with Crippen LogP contribution in [-0.2, 0) is 16.1 Å². The third kappa shape index (κ3) is 4.54. The van der Waals surface area contributed by atoms with Crippen molar-refractivity contribution in [3.05, 3.63) is 48.6 Å².